The Morgan fingerprint density at radius 2 is 1.80 bits per heavy atom. The molecule has 1 aromatic rings. The maximum atomic E-state index is 5.38. The maximum Gasteiger partial charge on any atom is 0.0642 e. The predicted molar refractivity (Wildman–Crippen MR) is 84.1 cm³/mol. The van der Waals surface area contributed by atoms with Gasteiger partial charge in [0.05, 0.1) is 16.4 Å². The number of nitrogens with zero attached hydrogens (tertiary/aromatic N) is 1. The molecule has 1 aliphatic rings. The molecule has 0 atom stereocenters. The van der Waals surface area contributed by atoms with Crippen molar-refractivity contribution in [1.82, 2.24) is 0 Å². The molecule has 82 valence electrons. The number of anilines is 1. The van der Waals surface area contributed by atoms with E-state index in [9.17, 15) is 0 Å². The Bertz CT molecular complexity index is 329. The molecule has 0 N–H and O–H groups in total. The molecule has 0 amide bonds. The molecular formula is C10H12I2NOP. The van der Waals surface area contributed by atoms with E-state index in [0.717, 1.165) is 26.3 Å². The first-order valence-corrected chi connectivity index (χ1v) is 11.7. The lowest BCUT2D eigenvalue weighted by molar-refractivity contribution is 0.123. The predicted octanol–water partition coefficient (Wildman–Crippen LogP) is 3.33. The fraction of sp³-hybridized carbons (Fsp3) is 0.400. The summed E-state index contributed by atoms with van der Waals surface area (Å²) in [6.07, 6.45) is 0. The second-order valence-corrected chi connectivity index (χ2v) is 15.6. The van der Waals surface area contributed by atoms with Crippen molar-refractivity contribution in [2.45, 2.75) is 0 Å². The first-order chi connectivity index (χ1) is 7.29. The fourth-order valence-electron chi connectivity index (χ4n) is 1.68. The van der Waals surface area contributed by atoms with E-state index >= 15 is 0 Å². The number of rotatable bonds is 2. The Kier molecular flexibility index (Phi) is 4.92. The Labute approximate surface area is 117 Å². The Balaban J connectivity index is 2.25. The van der Waals surface area contributed by atoms with Crippen LogP contribution in [0.1, 0.15) is 0 Å². The van der Waals surface area contributed by atoms with E-state index in [1.165, 1.54) is 11.0 Å². The van der Waals surface area contributed by atoms with Crippen LogP contribution in [0.5, 0.6) is 0 Å². The monoisotopic (exact) mass is 447 g/mol. The van der Waals surface area contributed by atoms with E-state index in [1.807, 2.05) is 0 Å². The molecule has 15 heavy (non-hydrogen) atoms. The van der Waals surface area contributed by atoms with Gasteiger partial charge >= 0.3 is 0 Å². The van der Waals surface area contributed by atoms with Gasteiger partial charge < -0.3 is 9.64 Å². The molecule has 0 bridgehead atoms. The lowest BCUT2D eigenvalue weighted by Gasteiger charge is -2.30. The second kappa shape index (κ2) is 5.98. The van der Waals surface area contributed by atoms with Gasteiger partial charge in [0.25, 0.3) is 0 Å². The van der Waals surface area contributed by atoms with Crippen molar-refractivity contribution < 1.29 is 4.74 Å². The van der Waals surface area contributed by atoms with Crippen LogP contribution < -0.4 is 10.2 Å². The average Bonchev–Trinajstić information content (AvgIpc) is 2.30. The number of ether oxygens (including phenoxy) is 1. The fourth-order valence-corrected chi connectivity index (χ4v) is 4.71. The second-order valence-electron chi connectivity index (χ2n) is 3.32. The average molecular weight is 447 g/mol. The highest BCUT2D eigenvalue weighted by molar-refractivity contribution is 14.3. The molecule has 0 unspecified atom stereocenters. The number of benzene rings is 1. The molecule has 0 saturated carbocycles. The van der Waals surface area contributed by atoms with E-state index in [0.29, 0.717) is 0 Å². The van der Waals surface area contributed by atoms with Crippen LogP contribution in [0.25, 0.3) is 0 Å². The van der Waals surface area contributed by atoms with E-state index in [1.54, 1.807) is 0 Å². The maximum absolute atomic E-state index is 5.38. The third kappa shape index (κ3) is 3.17. The van der Waals surface area contributed by atoms with Crippen molar-refractivity contribution in [2.24, 2.45) is 0 Å². The van der Waals surface area contributed by atoms with Gasteiger partial charge in [-0.2, -0.15) is 0 Å². The zero-order valence-corrected chi connectivity index (χ0v) is 13.4. The summed E-state index contributed by atoms with van der Waals surface area (Å²) in [5, 5.41) is 1.48. The molecule has 2 nitrogen and oxygen atoms in total. The van der Waals surface area contributed by atoms with Crippen molar-refractivity contribution >= 4 is 58.3 Å². The molecule has 0 aliphatic carbocycles. The van der Waals surface area contributed by atoms with E-state index < -0.39 is 0 Å². The number of morpholine rings is 1. The zero-order valence-electron chi connectivity index (χ0n) is 8.20. The van der Waals surface area contributed by atoms with Gasteiger partial charge in [-0.05, 0) is 50.1 Å². The third-order valence-corrected chi connectivity index (χ3v) is 6.28. The molecule has 1 aromatic carbocycles. The van der Waals surface area contributed by atoms with E-state index in [2.05, 4.69) is 73.2 Å². The largest absolute Gasteiger partial charge is 0.378 e. The van der Waals surface area contributed by atoms with Crippen LogP contribution in [-0.4, -0.2) is 26.3 Å². The summed E-state index contributed by atoms with van der Waals surface area (Å²) in [6.45, 7) is 3.75. The molecule has 1 aliphatic heterocycles. The lowest BCUT2D eigenvalue weighted by atomic mass is 10.2. The highest BCUT2D eigenvalue weighted by atomic mass is 127. The third-order valence-electron chi connectivity index (χ3n) is 2.42. The zero-order chi connectivity index (χ0) is 10.7. The minimum Gasteiger partial charge on any atom is -0.378 e. The van der Waals surface area contributed by atoms with Crippen LogP contribution >= 0.6 is 47.3 Å². The Morgan fingerprint density at radius 3 is 2.47 bits per heavy atom. The summed E-state index contributed by atoms with van der Waals surface area (Å²) in [5.41, 5.74) is 1.40. The van der Waals surface area contributed by atoms with Crippen LogP contribution in [0.4, 0.5) is 5.69 Å². The van der Waals surface area contributed by atoms with Gasteiger partial charge in [-0.25, -0.2) is 0 Å². The molecule has 0 aromatic heterocycles. The molecule has 2 rings (SSSR count). The summed E-state index contributed by atoms with van der Waals surface area (Å²) in [5.74, 6) is 0. The molecular weight excluding hydrogens is 435 g/mol. The van der Waals surface area contributed by atoms with Crippen LogP contribution in [0.15, 0.2) is 24.3 Å². The van der Waals surface area contributed by atoms with Crippen LogP contribution in [-0.2, 0) is 4.74 Å². The standard InChI is InChI=1S/C10H12I2NOP/c11-15(12)10-4-2-1-3-9(10)13-5-7-14-8-6-13/h1-4H,5-8H2. The highest BCUT2D eigenvalue weighted by Gasteiger charge is 2.16. The summed E-state index contributed by atoms with van der Waals surface area (Å²) >= 11 is 5.05. The van der Waals surface area contributed by atoms with Crippen molar-refractivity contribution in [3.05, 3.63) is 24.3 Å². The van der Waals surface area contributed by atoms with Gasteiger partial charge in [0.2, 0.25) is 0 Å². The van der Waals surface area contributed by atoms with Gasteiger partial charge in [0.1, 0.15) is 0 Å². The normalized spacial score (nSPS) is 17.1. The van der Waals surface area contributed by atoms with Gasteiger partial charge in [0, 0.05) is 24.1 Å². The van der Waals surface area contributed by atoms with Gasteiger partial charge in [0.15, 0.2) is 0 Å². The number of para-hydroxylation sites is 1. The Morgan fingerprint density at radius 1 is 1.13 bits per heavy atom. The first-order valence-electron chi connectivity index (χ1n) is 4.82. The molecule has 1 saturated heterocycles. The van der Waals surface area contributed by atoms with Crippen LogP contribution in [0.2, 0.25) is 0 Å². The topological polar surface area (TPSA) is 12.5 Å². The summed E-state index contributed by atoms with van der Waals surface area (Å²) in [4.78, 5) is 2.44. The van der Waals surface area contributed by atoms with Crippen molar-refractivity contribution in [1.29, 1.82) is 0 Å². The van der Waals surface area contributed by atoms with Gasteiger partial charge in [-0.3, -0.25) is 0 Å². The summed E-state index contributed by atoms with van der Waals surface area (Å²) in [6, 6.07) is 8.73. The first kappa shape index (κ1) is 12.3. The van der Waals surface area contributed by atoms with Crippen molar-refractivity contribution in [3.8, 4) is 0 Å². The van der Waals surface area contributed by atoms with Crippen molar-refractivity contribution in [3.63, 3.8) is 0 Å². The smallest absolute Gasteiger partial charge is 0.0642 e. The highest BCUT2D eigenvalue weighted by Crippen LogP contribution is 2.54. The van der Waals surface area contributed by atoms with E-state index in [4.69, 9.17) is 4.74 Å². The number of hydrogen-bond donors (Lipinski definition) is 0. The van der Waals surface area contributed by atoms with Gasteiger partial charge in [-0.15, -0.1) is 0 Å². The molecule has 0 radical (unpaired) electrons. The number of hydrogen-bond acceptors (Lipinski definition) is 2. The summed E-state index contributed by atoms with van der Waals surface area (Å²) < 4.78 is 5.30. The molecule has 1 heterocycles. The van der Waals surface area contributed by atoms with E-state index in [-0.39, 0.29) is 3.21 Å². The SMILES string of the molecule is IP(I)c1ccccc1N1CCOCC1. The van der Waals surface area contributed by atoms with Crippen LogP contribution in [0, 0.1) is 0 Å². The molecule has 5 heteroatoms. The molecule has 1 fully saturated rings. The lowest BCUT2D eigenvalue weighted by Crippen LogP contribution is -2.38. The van der Waals surface area contributed by atoms with Gasteiger partial charge in [-0.1, -0.05) is 18.2 Å². The minimum atomic E-state index is -0.0837. The van der Waals surface area contributed by atoms with Crippen LogP contribution in [0.3, 0.4) is 0 Å². The molecule has 0 spiro atoms. The summed E-state index contributed by atoms with van der Waals surface area (Å²) in [7, 11) is 0. The minimum absolute atomic E-state index is 0.0837. The quantitative estimate of drug-likeness (QED) is 0.510. The number of halogens is 2. The van der Waals surface area contributed by atoms with Crippen molar-refractivity contribution in [2.75, 3.05) is 31.2 Å². The Hall–Kier alpha value is 0.870.